The third kappa shape index (κ3) is 4.31. The smallest absolute Gasteiger partial charge is 0.137 e. The molecule has 2 aromatic rings. The van der Waals surface area contributed by atoms with E-state index in [0.29, 0.717) is 0 Å². The number of hydrogen-bond donors (Lipinski definition) is 2. The number of likely N-dealkylation sites (N-methyl/N-ethyl adjacent to an activating group) is 1. The van der Waals surface area contributed by atoms with Gasteiger partial charge in [0, 0.05) is 37.4 Å². The molecule has 0 radical (unpaired) electrons. The number of H-pyrrole nitrogens is 1. The second kappa shape index (κ2) is 7.23. The Morgan fingerprint density at radius 2 is 2.26 bits per heavy atom. The van der Waals surface area contributed by atoms with Crippen molar-refractivity contribution in [2.45, 2.75) is 6.54 Å². The maximum atomic E-state index is 5.53. The van der Waals surface area contributed by atoms with Crippen molar-refractivity contribution in [3.05, 3.63) is 30.1 Å². The van der Waals surface area contributed by atoms with E-state index in [4.69, 9.17) is 4.74 Å². The molecule has 2 N–H and O–H groups in total. The fourth-order valence-electron chi connectivity index (χ4n) is 1.88. The summed E-state index contributed by atoms with van der Waals surface area (Å²) < 4.78 is 5.53. The van der Waals surface area contributed by atoms with Crippen LogP contribution in [0.5, 0.6) is 0 Å². The van der Waals surface area contributed by atoms with E-state index < -0.39 is 0 Å². The summed E-state index contributed by atoms with van der Waals surface area (Å²) in [6.07, 6.45) is 3.81. The van der Waals surface area contributed by atoms with Crippen LogP contribution in [-0.4, -0.2) is 55.3 Å². The summed E-state index contributed by atoms with van der Waals surface area (Å²) >= 11 is 0. The molecule has 2 aromatic heterocycles. The number of fused-ring (bicyclic) bond motifs is 1. The van der Waals surface area contributed by atoms with E-state index in [0.717, 1.165) is 38.5 Å². The monoisotopic (exact) mass is 262 g/mol. The highest BCUT2D eigenvalue weighted by Gasteiger charge is 2.02. The van der Waals surface area contributed by atoms with Gasteiger partial charge in [0.25, 0.3) is 0 Å². The Bertz CT molecular complexity index is 495. The number of pyridine rings is 1. The molecule has 0 amide bonds. The molecule has 19 heavy (non-hydrogen) atoms. The molecule has 104 valence electrons. The molecule has 0 saturated carbocycles. The summed E-state index contributed by atoms with van der Waals surface area (Å²) in [7, 11) is 4.10. The molecule has 0 fully saturated rings. The van der Waals surface area contributed by atoms with Gasteiger partial charge in [0.2, 0.25) is 0 Å². The Balaban J connectivity index is 1.66. The molecule has 0 aliphatic heterocycles. The lowest BCUT2D eigenvalue weighted by Crippen LogP contribution is -2.22. The molecule has 0 aliphatic rings. The highest BCUT2D eigenvalue weighted by molar-refractivity contribution is 5.79. The second-order valence-electron chi connectivity index (χ2n) is 4.81. The van der Waals surface area contributed by atoms with Crippen molar-refractivity contribution in [1.29, 1.82) is 0 Å². The lowest BCUT2D eigenvalue weighted by Gasteiger charge is -2.10. The predicted octanol–water partition coefficient (Wildman–Crippen LogP) is 1.23. The fourth-order valence-corrected chi connectivity index (χ4v) is 1.88. The molecule has 0 atom stereocenters. The average Bonchev–Trinajstić information content (AvgIpc) is 2.81. The number of aromatic nitrogens is 2. The zero-order valence-corrected chi connectivity index (χ0v) is 11.6. The summed E-state index contributed by atoms with van der Waals surface area (Å²) in [6, 6.07) is 4.05. The third-order valence-electron chi connectivity index (χ3n) is 2.96. The number of rotatable bonds is 8. The van der Waals surface area contributed by atoms with Gasteiger partial charge >= 0.3 is 0 Å². The zero-order valence-electron chi connectivity index (χ0n) is 11.6. The van der Waals surface area contributed by atoms with Crippen LogP contribution in [0.25, 0.3) is 11.0 Å². The Hall–Kier alpha value is -1.43. The maximum Gasteiger partial charge on any atom is 0.137 e. The highest BCUT2D eigenvalue weighted by Crippen LogP contribution is 2.14. The van der Waals surface area contributed by atoms with E-state index in [9.17, 15) is 0 Å². The summed E-state index contributed by atoms with van der Waals surface area (Å²) in [6.45, 7) is 4.19. The topological polar surface area (TPSA) is 53.2 Å². The van der Waals surface area contributed by atoms with Gasteiger partial charge in [-0.2, -0.15) is 0 Å². The SMILES string of the molecule is CN(C)CCOCCNCc1c[nH]c2ncccc12. The van der Waals surface area contributed by atoms with Gasteiger partial charge in [-0.05, 0) is 31.8 Å². The van der Waals surface area contributed by atoms with Gasteiger partial charge in [-0.15, -0.1) is 0 Å². The van der Waals surface area contributed by atoms with Crippen LogP contribution in [0.4, 0.5) is 0 Å². The van der Waals surface area contributed by atoms with Crippen LogP contribution in [0, 0.1) is 0 Å². The predicted molar refractivity (Wildman–Crippen MR) is 77.2 cm³/mol. The highest BCUT2D eigenvalue weighted by atomic mass is 16.5. The van der Waals surface area contributed by atoms with Crippen molar-refractivity contribution in [2.75, 3.05) is 40.4 Å². The van der Waals surface area contributed by atoms with Crippen LogP contribution in [0.1, 0.15) is 5.56 Å². The minimum Gasteiger partial charge on any atom is -0.379 e. The van der Waals surface area contributed by atoms with E-state index in [2.05, 4.69) is 26.3 Å². The normalized spacial score (nSPS) is 11.5. The van der Waals surface area contributed by atoms with Crippen molar-refractivity contribution in [2.24, 2.45) is 0 Å². The Labute approximate surface area is 114 Å². The van der Waals surface area contributed by atoms with Crippen molar-refractivity contribution in [3.63, 3.8) is 0 Å². The van der Waals surface area contributed by atoms with Crippen LogP contribution in [-0.2, 0) is 11.3 Å². The molecule has 0 spiro atoms. The van der Waals surface area contributed by atoms with Gasteiger partial charge in [0.15, 0.2) is 0 Å². The van der Waals surface area contributed by atoms with Crippen LogP contribution >= 0.6 is 0 Å². The molecule has 2 heterocycles. The fraction of sp³-hybridized carbons (Fsp3) is 0.500. The number of hydrogen-bond acceptors (Lipinski definition) is 4. The Morgan fingerprint density at radius 1 is 1.37 bits per heavy atom. The van der Waals surface area contributed by atoms with Crippen LogP contribution in [0.3, 0.4) is 0 Å². The quantitative estimate of drug-likeness (QED) is 0.703. The van der Waals surface area contributed by atoms with Gasteiger partial charge in [0.1, 0.15) is 5.65 Å². The van der Waals surface area contributed by atoms with Gasteiger partial charge in [-0.3, -0.25) is 0 Å². The Kier molecular flexibility index (Phi) is 5.32. The molecular weight excluding hydrogens is 240 g/mol. The molecule has 0 aromatic carbocycles. The van der Waals surface area contributed by atoms with E-state index in [1.165, 1.54) is 10.9 Å². The molecule has 0 aliphatic carbocycles. The van der Waals surface area contributed by atoms with E-state index in [1.807, 2.05) is 26.4 Å². The minimum absolute atomic E-state index is 0.744. The van der Waals surface area contributed by atoms with Gasteiger partial charge in [0.05, 0.1) is 13.2 Å². The molecule has 0 bridgehead atoms. The summed E-state index contributed by atoms with van der Waals surface area (Å²) in [5, 5.41) is 4.57. The lowest BCUT2D eigenvalue weighted by atomic mass is 10.2. The third-order valence-corrected chi connectivity index (χ3v) is 2.96. The Morgan fingerprint density at radius 3 is 3.11 bits per heavy atom. The number of nitrogens with one attached hydrogen (secondary N) is 2. The standard InChI is InChI=1S/C14H22N4O/c1-18(2)7-9-19-8-6-15-10-12-11-17-14-13(12)4-3-5-16-14/h3-5,11,15H,6-10H2,1-2H3,(H,16,17). The first kappa shape index (κ1) is 14.0. The number of nitrogens with zero attached hydrogens (tertiary/aromatic N) is 2. The summed E-state index contributed by atoms with van der Waals surface area (Å²) in [5.74, 6) is 0. The van der Waals surface area contributed by atoms with E-state index in [-0.39, 0.29) is 0 Å². The minimum atomic E-state index is 0.744. The zero-order chi connectivity index (χ0) is 13.5. The summed E-state index contributed by atoms with van der Waals surface area (Å²) in [4.78, 5) is 9.57. The van der Waals surface area contributed by atoms with Crippen molar-refractivity contribution >= 4 is 11.0 Å². The number of aromatic amines is 1. The average molecular weight is 262 g/mol. The van der Waals surface area contributed by atoms with Gasteiger partial charge < -0.3 is 19.9 Å². The molecule has 5 heteroatoms. The van der Waals surface area contributed by atoms with Gasteiger partial charge in [-0.1, -0.05) is 0 Å². The molecule has 0 unspecified atom stereocenters. The molecule has 5 nitrogen and oxygen atoms in total. The van der Waals surface area contributed by atoms with Crippen LogP contribution in [0.15, 0.2) is 24.5 Å². The van der Waals surface area contributed by atoms with E-state index >= 15 is 0 Å². The van der Waals surface area contributed by atoms with Crippen molar-refractivity contribution < 1.29 is 4.74 Å². The molecule has 2 rings (SSSR count). The summed E-state index contributed by atoms with van der Waals surface area (Å²) in [5.41, 5.74) is 2.19. The first-order valence-electron chi connectivity index (χ1n) is 6.61. The largest absolute Gasteiger partial charge is 0.379 e. The van der Waals surface area contributed by atoms with Crippen LogP contribution in [0.2, 0.25) is 0 Å². The number of ether oxygens (including phenoxy) is 1. The van der Waals surface area contributed by atoms with Crippen LogP contribution < -0.4 is 5.32 Å². The van der Waals surface area contributed by atoms with Crippen molar-refractivity contribution in [1.82, 2.24) is 20.2 Å². The van der Waals surface area contributed by atoms with E-state index in [1.54, 1.807) is 6.20 Å². The molecular formula is C14H22N4O. The van der Waals surface area contributed by atoms with Crippen molar-refractivity contribution in [3.8, 4) is 0 Å². The molecule has 0 saturated heterocycles. The lowest BCUT2D eigenvalue weighted by molar-refractivity contribution is 0.119. The first-order chi connectivity index (χ1) is 9.27. The maximum absolute atomic E-state index is 5.53. The second-order valence-corrected chi connectivity index (χ2v) is 4.81. The first-order valence-corrected chi connectivity index (χ1v) is 6.61. The van der Waals surface area contributed by atoms with Gasteiger partial charge in [-0.25, -0.2) is 4.98 Å².